The van der Waals surface area contributed by atoms with Crippen LogP contribution in [-0.2, 0) is 17.8 Å². The van der Waals surface area contributed by atoms with Gasteiger partial charge in [-0.1, -0.05) is 6.92 Å². The summed E-state index contributed by atoms with van der Waals surface area (Å²) < 4.78 is 0. The SMILES string of the molecule is Cc1[nH]c(=O)[nH]c(=O)c1CCC(=O)Nc1nc(CN2CCCC(C)C2)cs1. The maximum atomic E-state index is 12.2. The molecule has 3 heterocycles. The molecule has 146 valence electrons. The molecule has 1 atom stereocenters. The zero-order valence-corrected chi connectivity index (χ0v) is 16.4. The van der Waals surface area contributed by atoms with Crippen molar-refractivity contribution in [2.45, 2.75) is 46.1 Å². The summed E-state index contributed by atoms with van der Waals surface area (Å²) in [4.78, 5) is 46.8. The summed E-state index contributed by atoms with van der Waals surface area (Å²) in [5, 5.41) is 5.35. The Labute approximate surface area is 161 Å². The second-order valence-electron chi connectivity index (χ2n) is 7.19. The second kappa shape index (κ2) is 8.62. The van der Waals surface area contributed by atoms with E-state index < -0.39 is 11.2 Å². The van der Waals surface area contributed by atoms with Crippen molar-refractivity contribution in [2.24, 2.45) is 5.92 Å². The fraction of sp³-hybridized carbons (Fsp3) is 0.556. The van der Waals surface area contributed by atoms with Crippen molar-refractivity contribution in [1.29, 1.82) is 0 Å². The Morgan fingerprint density at radius 3 is 2.96 bits per heavy atom. The Hall–Kier alpha value is -2.26. The number of anilines is 1. The molecule has 3 N–H and O–H groups in total. The number of likely N-dealkylation sites (tertiary alicyclic amines) is 1. The summed E-state index contributed by atoms with van der Waals surface area (Å²) in [5.74, 6) is 0.517. The Morgan fingerprint density at radius 1 is 1.41 bits per heavy atom. The van der Waals surface area contributed by atoms with Crippen LogP contribution in [0, 0.1) is 12.8 Å². The largest absolute Gasteiger partial charge is 0.325 e. The summed E-state index contributed by atoms with van der Waals surface area (Å²) in [7, 11) is 0. The number of aromatic nitrogens is 3. The number of amides is 1. The number of H-pyrrole nitrogens is 2. The van der Waals surface area contributed by atoms with Gasteiger partial charge in [-0.25, -0.2) is 9.78 Å². The average Bonchev–Trinajstić information content (AvgIpc) is 3.00. The van der Waals surface area contributed by atoms with Gasteiger partial charge in [-0.05, 0) is 38.6 Å². The molecule has 9 heteroatoms. The highest BCUT2D eigenvalue weighted by Gasteiger charge is 2.17. The van der Waals surface area contributed by atoms with Crippen LogP contribution >= 0.6 is 11.3 Å². The van der Waals surface area contributed by atoms with Crippen molar-refractivity contribution in [3.8, 4) is 0 Å². The average molecular weight is 391 g/mol. The quantitative estimate of drug-likeness (QED) is 0.693. The molecular weight excluding hydrogens is 366 g/mol. The number of hydrogen-bond donors (Lipinski definition) is 3. The van der Waals surface area contributed by atoms with Gasteiger partial charge in [0.2, 0.25) is 5.91 Å². The molecule has 0 radical (unpaired) electrons. The summed E-state index contributed by atoms with van der Waals surface area (Å²) in [6.45, 7) is 6.91. The number of thiazole rings is 1. The lowest BCUT2D eigenvalue weighted by Crippen LogP contribution is -2.33. The Bertz CT molecular complexity index is 916. The Morgan fingerprint density at radius 2 is 2.22 bits per heavy atom. The van der Waals surface area contributed by atoms with Gasteiger partial charge in [0, 0.05) is 36.1 Å². The number of hydrogen-bond acceptors (Lipinski definition) is 6. The zero-order valence-electron chi connectivity index (χ0n) is 15.6. The van der Waals surface area contributed by atoms with Gasteiger partial charge in [-0.2, -0.15) is 0 Å². The molecule has 1 unspecified atom stereocenters. The van der Waals surface area contributed by atoms with Crippen LogP contribution in [0.2, 0.25) is 0 Å². The summed E-state index contributed by atoms with van der Waals surface area (Å²) in [5.41, 5.74) is 0.894. The third-order valence-electron chi connectivity index (χ3n) is 4.78. The molecule has 0 saturated carbocycles. The van der Waals surface area contributed by atoms with Crippen LogP contribution in [0.25, 0.3) is 0 Å². The van der Waals surface area contributed by atoms with Crippen LogP contribution in [-0.4, -0.2) is 38.8 Å². The van der Waals surface area contributed by atoms with Gasteiger partial charge < -0.3 is 10.3 Å². The minimum atomic E-state index is -0.538. The first-order chi connectivity index (χ1) is 12.9. The lowest BCUT2D eigenvalue weighted by atomic mass is 10.0. The molecule has 1 aliphatic heterocycles. The van der Waals surface area contributed by atoms with Crippen molar-refractivity contribution < 1.29 is 4.79 Å². The number of nitrogens with zero attached hydrogens (tertiary/aromatic N) is 2. The van der Waals surface area contributed by atoms with E-state index in [2.05, 4.69) is 32.1 Å². The van der Waals surface area contributed by atoms with Crippen molar-refractivity contribution in [2.75, 3.05) is 18.4 Å². The zero-order chi connectivity index (χ0) is 19.4. The van der Waals surface area contributed by atoms with Crippen LogP contribution in [0.15, 0.2) is 15.0 Å². The molecular formula is C18H25N5O3S. The lowest BCUT2D eigenvalue weighted by Gasteiger charge is -2.30. The van der Waals surface area contributed by atoms with Crippen molar-refractivity contribution in [1.82, 2.24) is 19.9 Å². The molecule has 1 amide bonds. The molecule has 0 aromatic carbocycles. The smallest absolute Gasteiger partial charge is 0.311 e. The molecule has 0 aliphatic carbocycles. The Kier molecular flexibility index (Phi) is 6.22. The number of piperidine rings is 1. The van der Waals surface area contributed by atoms with Gasteiger partial charge in [0.1, 0.15) is 0 Å². The van der Waals surface area contributed by atoms with Crippen LogP contribution < -0.4 is 16.6 Å². The maximum absolute atomic E-state index is 12.2. The van der Waals surface area contributed by atoms with Gasteiger partial charge in [-0.3, -0.25) is 19.5 Å². The molecule has 0 bridgehead atoms. The molecule has 3 rings (SSSR count). The number of aryl methyl sites for hydroxylation is 1. The number of nitrogens with one attached hydrogen (secondary N) is 3. The van der Waals surface area contributed by atoms with Gasteiger partial charge >= 0.3 is 5.69 Å². The first-order valence-electron chi connectivity index (χ1n) is 9.19. The van der Waals surface area contributed by atoms with Crippen LogP contribution in [0.4, 0.5) is 5.13 Å². The summed E-state index contributed by atoms with van der Waals surface area (Å²) in [6, 6.07) is 0. The molecule has 27 heavy (non-hydrogen) atoms. The third kappa shape index (κ3) is 5.36. The monoisotopic (exact) mass is 391 g/mol. The predicted molar refractivity (Wildman–Crippen MR) is 105 cm³/mol. The molecule has 2 aromatic heterocycles. The normalized spacial score (nSPS) is 17.8. The highest BCUT2D eigenvalue weighted by Crippen LogP contribution is 2.21. The highest BCUT2D eigenvalue weighted by atomic mass is 32.1. The van der Waals surface area contributed by atoms with Gasteiger partial charge in [0.05, 0.1) is 5.69 Å². The predicted octanol–water partition coefficient (Wildman–Crippen LogP) is 1.63. The topological polar surface area (TPSA) is 111 Å². The minimum absolute atomic E-state index is 0.147. The first kappa shape index (κ1) is 19.5. The lowest BCUT2D eigenvalue weighted by molar-refractivity contribution is -0.116. The number of aromatic amines is 2. The summed E-state index contributed by atoms with van der Waals surface area (Å²) >= 11 is 1.41. The third-order valence-corrected chi connectivity index (χ3v) is 5.59. The van der Waals surface area contributed by atoms with Crippen molar-refractivity contribution in [3.63, 3.8) is 0 Å². The molecule has 2 aromatic rings. The molecule has 1 saturated heterocycles. The standard InChI is InChI=1S/C18H25N5O3S/c1-11-4-3-7-23(8-11)9-13-10-27-18(20-13)21-15(24)6-5-14-12(2)19-17(26)22-16(14)25/h10-11H,3-9H2,1-2H3,(H,20,21,24)(H2,19,22,25,26). The van der Waals surface area contributed by atoms with E-state index in [1.54, 1.807) is 6.92 Å². The van der Waals surface area contributed by atoms with E-state index in [0.717, 1.165) is 31.2 Å². The molecule has 1 aliphatic rings. The van der Waals surface area contributed by atoms with Gasteiger partial charge in [-0.15, -0.1) is 11.3 Å². The van der Waals surface area contributed by atoms with E-state index >= 15 is 0 Å². The number of carbonyl (C=O) groups excluding carboxylic acids is 1. The Balaban J connectivity index is 1.52. The van der Waals surface area contributed by atoms with Crippen LogP contribution in [0.5, 0.6) is 0 Å². The van der Waals surface area contributed by atoms with Crippen LogP contribution in [0.3, 0.4) is 0 Å². The van der Waals surface area contributed by atoms with E-state index in [4.69, 9.17) is 0 Å². The van der Waals surface area contributed by atoms with E-state index in [-0.39, 0.29) is 18.7 Å². The fourth-order valence-corrected chi connectivity index (χ4v) is 4.16. The highest BCUT2D eigenvalue weighted by molar-refractivity contribution is 7.13. The number of rotatable bonds is 6. The maximum Gasteiger partial charge on any atom is 0.325 e. The minimum Gasteiger partial charge on any atom is -0.311 e. The van der Waals surface area contributed by atoms with E-state index in [1.807, 2.05) is 5.38 Å². The van der Waals surface area contributed by atoms with E-state index in [1.165, 1.54) is 24.2 Å². The van der Waals surface area contributed by atoms with Crippen molar-refractivity contribution in [3.05, 3.63) is 43.2 Å². The van der Waals surface area contributed by atoms with Gasteiger partial charge in [0.15, 0.2) is 5.13 Å². The van der Waals surface area contributed by atoms with E-state index in [9.17, 15) is 14.4 Å². The van der Waals surface area contributed by atoms with Gasteiger partial charge in [0.25, 0.3) is 5.56 Å². The van der Waals surface area contributed by atoms with Crippen LogP contribution in [0.1, 0.15) is 43.1 Å². The second-order valence-corrected chi connectivity index (χ2v) is 8.04. The summed E-state index contributed by atoms with van der Waals surface area (Å²) in [6.07, 6.45) is 2.91. The first-order valence-corrected chi connectivity index (χ1v) is 10.1. The fourth-order valence-electron chi connectivity index (χ4n) is 3.44. The van der Waals surface area contributed by atoms with Crippen molar-refractivity contribution >= 4 is 22.4 Å². The number of carbonyl (C=O) groups is 1. The molecule has 0 spiro atoms. The molecule has 8 nitrogen and oxygen atoms in total. The van der Waals surface area contributed by atoms with E-state index in [0.29, 0.717) is 16.4 Å². The molecule has 1 fully saturated rings.